The monoisotopic (exact) mass is 293 g/mol. The van der Waals surface area contributed by atoms with Crippen molar-refractivity contribution in [2.45, 2.75) is 24.8 Å². The van der Waals surface area contributed by atoms with Crippen molar-refractivity contribution in [2.24, 2.45) is 0 Å². The standard InChI is InChI=1S/C13H15N3O5/c17-11(8-14-13(12(18)19)6-1-7-13)15-9-2-4-10(5-3-9)16(20)21/h2-5,14H,1,6-8H2,(H,15,17)(H,18,19). The van der Waals surface area contributed by atoms with Crippen molar-refractivity contribution in [1.29, 1.82) is 0 Å². The van der Waals surface area contributed by atoms with E-state index in [1.807, 2.05) is 0 Å². The topological polar surface area (TPSA) is 122 Å². The van der Waals surface area contributed by atoms with E-state index in [9.17, 15) is 19.7 Å². The van der Waals surface area contributed by atoms with E-state index in [1.165, 1.54) is 24.3 Å². The van der Waals surface area contributed by atoms with Crippen LogP contribution in [0.25, 0.3) is 0 Å². The Morgan fingerprint density at radius 3 is 2.33 bits per heavy atom. The van der Waals surface area contributed by atoms with E-state index in [4.69, 9.17) is 5.11 Å². The minimum atomic E-state index is -0.993. The molecular formula is C13H15N3O5. The molecule has 0 heterocycles. The molecule has 21 heavy (non-hydrogen) atoms. The van der Waals surface area contributed by atoms with Crippen molar-refractivity contribution >= 4 is 23.3 Å². The molecule has 0 saturated heterocycles. The highest BCUT2D eigenvalue weighted by Crippen LogP contribution is 2.31. The van der Waals surface area contributed by atoms with Gasteiger partial charge in [-0.05, 0) is 31.4 Å². The summed E-state index contributed by atoms with van der Waals surface area (Å²) in [5.41, 5.74) is -0.636. The molecule has 3 N–H and O–H groups in total. The number of carbonyl (C=O) groups is 2. The molecule has 1 aromatic rings. The largest absolute Gasteiger partial charge is 0.480 e. The molecule has 1 aliphatic carbocycles. The summed E-state index contributed by atoms with van der Waals surface area (Å²) in [6, 6.07) is 5.42. The highest BCUT2D eigenvalue weighted by atomic mass is 16.6. The Kier molecular flexibility index (Phi) is 4.18. The maximum absolute atomic E-state index is 11.7. The number of anilines is 1. The third-order valence-electron chi connectivity index (χ3n) is 3.57. The van der Waals surface area contributed by atoms with Crippen LogP contribution in [0.1, 0.15) is 19.3 Å². The van der Waals surface area contributed by atoms with E-state index in [1.54, 1.807) is 0 Å². The number of rotatable bonds is 6. The second-order valence-electron chi connectivity index (χ2n) is 4.95. The van der Waals surface area contributed by atoms with Gasteiger partial charge in [-0.3, -0.25) is 25.0 Å². The lowest BCUT2D eigenvalue weighted by molar-refractivity contribution is -0.384. The van der Waals surface area contributed by atoms with Gasteiger partial charge in [0.1, 0.15) is 5.54 Å². The predicted octanol–water partition coefficient (Wildman–Crippen LogP) is 1.13. The van der Waals surface area contributed by atoms with Crippen LogP contribution in [0.15, 0.2) is 24.3 Å². The molecule has 0 bridgehead atoms. The van der Waals surface area contributed by atoms with Crippen molar-refractivity contribution in [3.8, 4) is 0 Å². The van der Waals surface area contributed by atoms with Gasteiger partial charge < -0.3 is 10.4 Å². The summed E-state index contributed by atoms with van der Waals surface area (Å²) in [4.78, 5) is 32.8. The Morgan fingerprint density at radius 2 is 1.90 bits per heavy atom. The van der Waals surface area contributed by atoms with Crippen LogP contribution in [0.3, 0.4) is 0 Å². The van der Waals surface area contributed by atoms with Crippen LogP contribution in [0, 0.1) is 10.1 Å². The molecule has 0 aromatic heterocycles. The van der Waals surface area contributed by atoms with Crippen molar-refractivity contribution in [2.75, 3.05) is 11.9 Å². The fraction of sp³-hybridized carbons (Fsp3) is 0.385. The first kappa shape index (κ1) is 14.9. The fourth-order valence-corrected chi connectivity index (χ4v) is 2.12. The number of non-ortho nitro benzene ring substituents is 1. The van der Waals surface area contributed by atoms with Crippen LogP contribution in [0.4, 0.5) is 11.4 Å². The normalized spacial score (nSPS) is 15.8. The highest BCUT2D eigenvalue weighted by Gasteiger charge is 2.44. The zero-order valence-electron chi connectivity index (χ0n) is 11.2. The van der Waals surface area contributed by atoms with E-state index in [2.05, 4.69) is 10.6 Å². The maximum atomic E-state index is 11.7. The minimum absolute atomic E-state index is 0.0644. The third-order valence-corrected chi connectivity index (χ3v) is 3.57. The van der Waals surface area contributed by atoms with Crippen LogP contribution < -0.4 is 10.6 Å². The van der Waals surface area contributed by atoms with Crippen molar-refractivity contribution in [1.82, 2.24) is 5.32 Å². The third kappa shape index (κ3) is 3.34. The Balaban J connectivity index is 1.87. The lowest BCUT2D eigenvalue weighted by Gasteiger charge is -2.38. The fourth-order valence-electron chi connectivity index (χ4n) is 2.12. The predicted molar refractivity (Wildman–Crippen MR) is 73.9 cm³/mol. The molecule has 1 fully saturated rings. The number of nitrogens with zero attached hydrogens (tertiary/aromatic N) is 1. The molecule has 1 aliphatic rings. The number of benzene rings is 1. The summed E-state index contributed by atoms with van der Waals surface area (Å²) in [6.45, 7) is -0.122. The second kappa shape index (κ2) is 5.88. The van der Waals surface area contributed by atoms with Gasteiger partial charge in [0.2, 0.25) is 5.91 Å². The van der Waals surface area contributed by atoms with Crippen LogP contribution >= 0.6 is 0 Å². The Labute approximate surface area is 120 Å². The number of hydrogen-bond acceptors (Lipinski definition) is 5. The number of carboxylic acid groups (broad SMARTS) is 1. The number of nitro groups is 1. The Bertz CT molecular complexity index is 566. The zero-order valence-corrected chi connectivity index (χ0v) is 11.2. The molecule has 1 aromatic carbocycles. The molecular weight excluding hydrogens is 278 g/mol. The van der Waals surface area contributed by atoms with Crippen molar-refractivity contribution in [3.63, 3.8) is 0 Å². The molecule has 1 saturated carbocycles. The van der Waals surface area contributed by atoms with Gasteiger partial charge in [0, 0.05) is 17.8 Å². The summed E-state index contributed by atoms with van der Waals surface area (Å²) in [7, 11) is 0. The SMILES string of the molecule is O=C(CNC1(C(=O)O)CCC1)Nc1ccc([N+](=O)[O-])cc1. The molecule has 0 aliphatic heterocycles. The van der Waals surface area contributed by atoms with Gasteiger partial charge in [-0.1, -0.05) is 0 Å². The summed E-state index contributed by atoms with van der Waals surface area (Å²) < 4.78 is 0. The molecule has 0 radical (unpaired) electrons. The molecule has 0 spiro atoms. The second-order valence-corrected chi connectivity index (χ2v) is 4.95. The average Bonchev–Trinajstić information content (AvgIpc) is 2.37. The van der Waals surface area contributed by atoms with Gasteiger partial charge in [-0.2, -0.15) is 0 Å². The van der Waals surface area contributed by atoms with E-state index >= 15 is 0 Å². The molecule has 0 atom stereocenters. The minimum Gasteiger partial charge on any atom is -0.480 e. The van der Waals surface area contributed by atoms with Gasteiger partial charge in [0.25, 0.3) is 5.69 Å². The van der Waals surface area contributed by atoms with Crippen LogP contribution in [0.2, 0.25) is 0 Å². The van der Waals surface area contributed by atoms with Gasteiger partial charge in [0.05, 0.1) is 11.5 Å². The lowest BCUT2D eigenvalue weighted by atomic mass is 9.77. The smallest absolute Gasteiger partial charge is 0.323 e. The maximum Gasteiger partial charge on any atom is 0.323 e. The summed E-state index contributed by atoms with van der Waals surface area (Å²) in [5.74, 6) is -1.34. The first-order chi connectivity index (χ1) is 9.93. The van der Waals surface area contributed by atoms with Crippen LogP contribution in [-0.2, 0) is 9.59 Å². The molecule has 8 heteroatoms. The number of aliphatic carboxylic acids is 1. The van der Waals surface area contributed by atoms with E-state index < -0.39 is 22.3 Å². The van der Waals surface area contributed by atoms with Crippen LogP contribution in [0.5, 0.6) is 0 Å². The van der Waals surface area contributed by atoms with Gasteiger partial charge in [-0.25, -0.2) is 0 Å². The van der Waals surface area contributed by atoms with Gasteiger partial charge >= 0.3 is 5.97 Å². The zero-order chi connectivity index (χ0) is 15.5. The molecule has 8 nitrogen and oxygen atoms in total. The quantitative estimate of drug-likeness (QED) is 0.534. The number of carboxylic acids is 1. The number of carbonyl (C=O) groups excluding carboxylic acids is 1. The summed E-state index contributed by atoms with van der Waals surface area (Å²) in [6.07, 6.45) is 1.84. The van der Waals surface area contributed by atoms with Gasteiger partial charge in [0.15, 0.2) is 0 Å². The lowest BCUT2D eigenvalue weighted by Crippen LogP contribution is -2.58. The number of amides is 1. The average molecular weight is 293 g/mol. The van der Waals surface area contributed by atoms with E-state index in [0.717, 1.165) is 6.42 Å². The molecule has 112 valence electrons. The number of hydrogen-bond donors (Lipinski definition) is 3. The summed E-state index contributed by atoms with van der Waals surface area (Å²) in [5, 5.41) is 24.9. The van der Waals surface area contributed by atoms with Gasteiger partial charge in [-0.15, -0.1) is 0 Å². The first-order valence-electron chi connectivity index (χ1n) is 6.46. The van der Waals surface area contributed by atoms with Crippen molar-refractivity contribution < 1.29 is 19.6 Å². The highest BCUT2D eigenvalue weighted by molar-refractivity contribution is 5.93. The van der Waals surface area contributed by atoms with E-state index in [0.29, 0.717) is 18.5 Å². The van der Waals surface area contributed by atoms with E-state index in [-0.39, 0.29) is 12.2 Å². The first-order valence-corrected chi connectivity index (χ1v) is 6.46. The number of nitrogens with one attached hydrogen (secondary N) is 2. The Morgan fingerprint density at radius 1 is 1.29 bits per heavy atom. The molecule has 1 amide bonds. The van der Waals surface area contributed by atoms with Crippen molar-refractivity contribution in [3.05, 3.63) is 34.4 Å². The molecule has 2 rings (SSSR count). The number of nitro benzene ring substituents is 1. The van der Waals surface area contributed by atoms with Crippen LogP contribution in [-0.4, -0.2) is 34.0 Å². The molecule has 0 unspecified atom stereocenters. The Hall–Kier alpha value is -2.48. The summed E-state index contributed by atoms with van der Waals surface area (Å²) >= 11 is 0.